The van der Waals surface area contributed by atoms with Crippen LogP contribution in [0.5, 0.6) is 0 Å². The molecule has 1 aliphatic carbocycles. The quantitative estimate of drug-likeness (QED) is 0.544. The summed E-state index contributed by atoms with van der Waals surface area (Å²) < 4.78 is 0. The van der Waals surface area contributed by atoms with Gasteiger partial charge in [0.05, 0.1) is 5.03 Å². The molecule has 0 amide bonds. The Hall–Kier alpha value is 0.0200. The molecule has 0 aromatic heterocycles. The van der Waals surface area contributed by atoms with Crippen molar-refractivity contribution in [3.8, 4) is 0 Å². The fourth-order valence-electron chi connectivity index (χ4n) is 0.602. The zero-order chi connectivity index (χ0) is 6.91. The maximum Gasteiger partial charge on any atom is 0.178 e. The summed E-state index contributed by atoms with van der Waals surface area (Å²) in [5, 5.41) is 8.09. The Balaban J connectivity index is 2.83. The molecular weight excluding hydrogens is 159 g/mol. The Labute approximate surface area is 63.6 Å². The smallest absolute Gasteiger partial charge is 0.178 e. The molecule has 0 aromatic carbocycles. The summed E-state index contributed by atoms with van der Waals surface area (Å²) in [6.07, 6.45) is 5.49. The zero-order valence-electron chi connectivity index (χ0n) is 4.64. The van der Waals surface area contributed by atoms with Crippen LogP contribution in [0.2, 0.25) is 0 Å². The molecule has 1 unspecified atom stereocenters. The van der Waals surface area contributed by atoms with E-state index in [-0.39, 0.29) is 5.03 Å². The second-order valence-electron chi connectivity index (χ2n) is 1.91. The van der Waals surface area contributed by atoms with E-state index >= 15 is 0 Å². The summed E-state index contributed by atoms with van der Waals surface area (Å²) in [6.45, 7) is 0. The molecule has 0 fully saturated rings. The predicted molar refractivity (Wildman–Crippen MR) is 38.5 cm³/mol. The van der Waals surface area contributed by atoms with Crippen molar-refractivity contribution in [1.82, 2.24) is 0 Å². The topological polar surface area (TPSA) is 20.2 Å². The van der Waals surface area contributed by atoms with Gasteiger partial charge in [0.1, 0.15) is 0 Å². The van der Waals surface area contributed by atoms with E-state index in [0.717, 1.165) is 0 Å². The maximum absolute atomic E-state index is 9.16. The fourth-order valence-corrected chi connectivity index (χ4v) is 0.904. The highest BCUT2D eigenvalue weighted by molar-refractivity contribution is 6.39. The van der Waals surface area contributed by atoms with Gasteiger partial charge in [-0.2, -0.15) is 0 Å². The summed E-state index contributed by atoms with van der Waals surface area (Å²) in [6, 6.07) is 0. The van der Waals surface area contributed by atoms with Gasteiger partial charge in [0, 0.05) is 6.42 Å². The van der Waals surface area contributed by atoms with Crippen molar-refractivity contribution in [1.29, 1.82) is 0 Å². The van der Waals surface area contributed by atoms with Crippen LogP contribution >= 0.6 is 23.2 Å². The molecule has 0 bridgehead atoms. The van der Waals surface area contributed by atoms with E-state index in [4.69, 9.17) is 28.3 Å². The molecule has 0 saturated heterocycles. The van der Waals surface area contributed by atoms with E-state index in [9.17, 15) is 0 Å². The SMILES string of the molecule is OC1(Cl)CC=CC=C1Cl. The Morgan fingerprint density at radius 2 is 2.33 bits per heavy atom. The van der Waals surface area contributed by atoms with Crippen molar-refractivity contribution in [2.45, 2.75) is 11.5 Å². The average molecular weight is 165 g/mol. The van der Waals surface area contributed by atoms with Gasteiger partial charge in [-0.1, -0.05) is 35.4 Å². The molecule has 0 aliphatic heterocycles. The van der Waals surface area contributed by atoms with Crippen LogP contribution in [0, 0.1) is 0 Å². The molecule has 0 heterocycles. The van der Waals surface area contributed by atoms with Gasteiger partial charge < -0.3 is 5.11 Å². The Morgan fingerprint density at radius 3 is 2.67 bits per heavy atom. The summed E-state index contributed by atoms with van der Waals surface area (Å²) in [5.74, 6) is 0. The lowest BCUT2D eigenvalue weighted by molar-refractivity contribution is 0.177. The number of allylic oxidation sites excluding steroid dienone is 2. The van der Waals surface area contributed by atoms with Gasteiger partial charge in [-0.05, 0) is 6.08 Å². The van der Waals surface area contributed by atoms with Gasteiger partial charge in [0.25, 0.3) is 0 Å². The Bertz CT molecular complexity index is 170. The van der Waals surface area contributed by atoms with Crippen LogP contribution in [0.25, 0.3) is 0 Å². The van der Waals surface area contributed by atoms with Gasteiger partial charge in [-0.25, -0.2) is 0 Å². The number of alkyl halides is 1. The van der Waals surface area contributed by atoms with Crippen LogP contribution in [0.15, 0.2) is 23.3 Å². The van der Waals surface area contributed by atoms with E-state index in [1.165, 1.54) is 0 Å². The number of aliphatic hydroxyl groups is 1. The van der Waals surface area contributed by atoms with Crippen molar-refractivity contribution in [3.05, 3.63) is 23.3 Å². The Morgan fingerprint density at radius 1 is 1.67 bits per heavy atom. The third kappa shape index (κ3) is 1.48. The number of halogens is 2. The van der Waals surface area contributed by atoms with E-state index < -0.39 is 5.06 Å². The predicted octanol–water partition coefficient (Wildman–Crippen LogP) is 2.00. The van der Waals surface area contributed by atoms with E-state index in [1.54, 1.807) is 18.2 Å². The minimum atomic E-state index is -1.35. The van der Waals surface area contributed by atoms with Crippen molar-refractivity contribution < 1.29 is 5.11 Å². The first-order valence-electron chi connectivity index (χ1n) is 2.57. The molecule has 1 N–H and O–H groups in total. The first kappa shape index (κ1) is 7.13. The molecule has 0 spiro atoms. The molecule has 1 rings (SSSR count). The van der Waals surface area contributed by atoms with Crippen LogP contribution in [-0.2, 0) is 0 Å². The number of rotatable bonds is 0. The lowest BCUT2D eigenvalue weighted by Gasteiger charge is -2.19. The van der Waals surface area contributed by atoms with Crippen molar-refractivity contribution in [2.24, 2.45) is 0 Å². The normalized spacial score (nSPS) is 34.3. The third-order valence-corrected chi connectivity index (χ3v) is 2.03. The standard InChI is InChI=1S/C6H6Cl2O/c7-5-3-1-2-4-6(5,8)9/h1-3,9H,4H2. The second-order valence-corrected chi connectivity index (χ2v) is 2.94. The zero-order valence-corrected chi connectivity index (χ0v) is 6.15. The van der Waals surface area contributed by atoms with Crippen LogP contribution in [0.1, 0.15) is 6.42 Å². The fraction of sp³-hybridized carbons (Fsp3) is 0.333. The Kier molecular flexibility index (Phi) is 1.85. The molecule has 1 atom stereocenters. The molecular formula is C6H6Cl2O. The molecule has 1 nitrogen and oxygen atoms in total. The molecule has 0 radical (unpaired) electrons. The maximum atomic E-state index is 9.16. The van der Waals surface area contributed by atoms with Crippen LogP contribution in [0.3, 0.4) is 0 Å². The minimum Gasteiger partial charge on any atom is -0.370 e. The first-order chi connectivity index (χ1) is 4.13. The number of hydrogen-bond acceptors (Lipinski definition) is 1. The van der Waals surface area contributed by atoms with Crippen molar-refractivity contribution >= 4 is 23.2 Å². The second kappa shape index (κ2) is 2.33. The van der Waals surface area contributed by atoms with Gasteiger partial charge in [-0.3, -0.25) is 0 Å². The highest BCUT2D eigenvalue weighted by Gasteiger charge is 2.27. The van der Waals surface area contributed by atoms with E-state index in [1.807, 2.05) is 0 Å². The molecule has 9 heavy (non-hydrogen) atoms. The van der Waals surface area contributed by atoms with Gasteiger partial charge in [-0.15, -0.1) is 0 Å². The third-order valence-electron chi connectivity index (χ3n) is 1.13. The first-order valence-corrected chi connectivity index (χ1v) is 3.32. The van der Waals surface area contributed by atoms with Crippen LogP contribution < -0.4 is 0 Å². The minimum absolute atomic E-state index is 0.284. The molecule has 3 heteroatoms. The summed E-state index contributed by atoms with van der Waals surface area (Å²) in [7, 11) is 0. The molecule has 0 aromatic rings. The van der Waals surface area contributed by atoms with E-state index in [2.05, 4.69) is 0 Å². The van der Waals surface area contributed by atoms with Crippen molar-refractivity contribution in [2.75, 3.05) is 0 Å². The average Bonchev–Trinajstić information content (AvgIpc) is 1.77. The summed E-state index contributed by atoms with van der Waals surface area (Å²) in [5.41, 5.74) is 0. The van der Waals surface area contributed by atoms with Crippen molar-refractivity contribution in [3.63, 3.8) is 0 Å². The van der Waals surface area contributed by atoms with E-state index in [0.29, 0.717) is 6.42 Å². The largest absolute Gasteiger partial charge is 0.370 e. The summed E-state index contributed by atoms with van der Waals surface area (Å²) >= 11 is 11.1. The summed E-state index contributed by atoms with van der Waals surface area (Å²) in [4.78, 5) is 0. The van der Waals surface area contributed by atoms with Gasteiger partial charge >= 0.3 is 0 Å². The van der Waals surface area contributed by atoms with Crippen LogP contribution in [-0.4, -0.2) is 10.2 Å². The molecule has 0 saturated carbocycles. The van der Waals surface area contributed by atoms with Gasteiger partial charge in [0.2, 0.25) is 0 Å². The molecule has 50 valence electrons. The monoisotopic (exact) mass is 164 g/mol. The molecule has 1 aliphatic rings. The highest BCUT2D eigenvalue weighted by Crippen LogP contribution is 2.31. The lowest BCUT2D eigenvalue weighted by Crippen LogP contribution is -2.21. The number of hydrogen-bond donors (Lipinski definition) is 1. The highest BCUT2D eigenvalue weighted by atomic mass is 35.5. The lowest BCUT2D eigenvalue weighted by atomic mass is 10.1. The van der Waals surface area contributed by atoms with Crippen LogP contribution in [0.4, 0.5) is 0 Å². The van der Waals surface area contributed by atoms with Gasteiger partial charge in [0.15, 0.2) is 5.06 Å².